The highest BCUT2D eigenvalue weighted by Gasteiger charge is 2.44. The van der Waals surface area contributed by atoms with Crippen LogP contribution in [0.1, 0.15) is 32.0 Å². The summed E-state index contributed by atoms with van der Waals surface area (Å²) in [6.45, 7) is 0.0685. The van der Waals surface area contributed by atoms with E-state index in [-0.39, 0.29) is 37.0 Å². The minimum Gasteiger partial charge on any atom is -0.503 e. The number of amides is 2. The van der Waals surface area contributed by atoms with Gasteiger partial charge in [0, 0.05) is 41.5 Å². The highest BCUT2D eigenvalue weighted by molar-refractivity contribution is 5.99. The molecule has 0 spiro atoms. The molecule has 0 bridgehead atoms. The van der Waals surface area contributed by atoms with Gasteiger partial charge >= 0.3 is 0 Å². The van der Waals surface area contributed by atoms with Crippen LogP contribution in [-0.4, -0.2) is 50.2 Å². The van der Waals surface area contributed by atoms with Gasteiger partial charge in [-0.3, -0.25) is 14.4 Å². The van der Waals surface area contributed by atoms with Crippen molar-refractivity contribution in [1.82, 2.24) is 19.8 Å². The molecule has 2 aromatic carbocycles. The number of fused-ring (bicyclic) bond motifs is 3. The first-order valence-corrected chi connectivity index (χ1v) is 12.0. The van der Waals surface area contributed by atoms with E-state index in [1.807, 2.05) is 30.5 Å². The third kappa shape index (κ3) is 3.91. The van der Waals surface area contributed by atoms with Crippen LogP contribution in [0.3, 0.4) is 0 Å². The van der Waals surface area contributed by atoms with Crippen LogP contribution in [-0.2, 0) is 24.2 Å². The van der Waals surface area contributed by atoms with Crippen molar-refractivity contribution in [3.63, 3.8) is 0 Å². The van der Waals surface area contributed by atoms with E-state index in [9.17, 15) is 28.3 Å². The number of nitrogens with one attached hydrogen (secondary N) is 2. The number of rotatable bonds is 5. The van der Waals surface area contributed by atoms with E-state index >= 15 is 0 Å². The summed E-state index contributed by atoms with van der Waals surface area (Å²) in [5.74, 6) is -3.89. The van der Waals surface area contributed by atoms with Crippen molar-refractivity contribution >= 4 is 22.7 Å². The smallest absolute Gasteiger partial charge is 0.276 e. The SMILES string of the molecule is O=C(NCc1ccc(F)cc1F)c1cn2c(c(O)c1=O)C(=O)N1[C@@H](Cc3c[nH]c4ccccc34)CO[C@@H]1C2. The summed E-state index contributed by atoms with van der Waals surface area (Å²) in [7, 11) is 0. The van der Waals surface area contributed by atoms with Gasteiger partial charge in [-0.25, -0.2) is 8.78 Å². The Morgan fingerprint density at radius 2 is 1.97 bits per heavy atom. The molecular formula is C27H22F2N4O5. The molecule has 1 saturated heterocycles. The first-order chi connectivity index (χ1) is 18.3. The van der Waals surface area contributed by atoms with E-state index in [1.165, 1.54) is 21.7 Å². The van der Waals surface area contributed by atoms with Crippen LogP contribution in [0.4, 0.5) is 8.78 Å². The molecule has 38 heavy (non-hydrogen) atoms. The van der Waals surface area contributed by atoms with Gasteiger partial charge in [0.05, 0.1) is 19.2 Å². The first-order valence-electron chi connectivity index (χ1n) is 12.0. The molecule has 9 nitrogen and oxygen atoms in total. The number of benzene rings is 2. The molecule has 194 valence electrons. The second kappa shape index (κ2) is 9.10. The van der Waals surface area contributed by atoms with Gasteiger partial charge < -0.3 is 29.6 Å². The number of hydrogen-bond donors (Lipinski definition) is 3. The number of hydrogen-bond acceptors (Lipinski definition) is 5. The molecule has 3 N–H and O–H groups in total. The molecule has 6 rings (SSSR count). The summed E-state index contributed by atoms with van der Waals surface area (Å²) in [6.07, 6.45) is 2.96. The predicted molar refractivity (Wildman–Crippen MR) is 132 cm³/mol. The fraction of sp³-hybridized carbons (Fsp3) is 0.222. The number of ether oxygens (including phenoxy) is 1. The number of carbonyl (C=O) groups excluding carboxylic acids is 2. The van der Waals surface area contributed by atoms with Gasteiger partial charge in [0.2, 0.25) is 5.43 Å². The number of halogens is 2. The number of aromatic amines is 1. The van der Waals surface area contributed by atoms with E-state index in [1.54, 1.807) is 0 Å². The molecule has 4 aromatic rings. The van der Waals surface area contributed by atoms with Crippen molar-refractivity contribution in [2.75, 3.05) is 6.61 Å². The number of H-pyrrole nitrogens is 1. The molecule has 2 aliphatic rings. The average molecular weight is 520 g/mol. The van der Waals surface area contributed by atoms with Gasteiger partial charge in [0.1, 0.15) is 17.2 Å². The zero-order valence-corrected chi connectivity index (χ0v) is 19.9. The Morgan fingerprint density at radius 3 is 2.79 bits per heavy atom. The van der Waals surface area contributed by atoms with Gasteiger partial charge in [-0.2, -0.15) is 0 Å². The topological polar surface area (TPSA) is 117 Å². The largest absolute Gasteiger partial charge is 0.503 e. The summed E-state index contributed by atoms with van der Waals surface area (Å²) in [5.41, 5.74) is 0.358. The number of para-hydroxylation sites is 1. The summed E-state index contributed by atoms with van der Waals surface area (Å²) in [6, 6.07) is 10.4. The summed E-state index contributed by atoms with van der Waals surface area (Å²) in [5, 5.41) is 14.1. The van der Waals surface area contributed by atoms with E-state index in [4.69, 9.17) is 4.74 Å². The molecule has 2 aromatic heterocycles. The van der Waals surface area contributed by atoms with E-state index in [2.05, 4.69) is 10.3 Å². The monoisotopic (exact) mass is 520 g/mol. The second-order valence-corrected chi connectivity index (χ2v) is 9.36. The number of carbonyl (C=O) groups is 2. The van der Waals surface area contributed by atoms with Gasteiger partial charge in [-0.05, 0) is 24.1 Å². The van der Waals surface area contributed by atoms with Crippen LogP contribution in [0, 0.1) is 11.6 Å². The lowest BCUT2D eigenvalue weighted by Crippen LogP contribution is -2.50. The quantitative estimate of drug-likeness (QED) is 0.374. The Labute approximate surface area is 214 Å². The van der Waals surface area contributed by atoms with Crippen LogP contribution >= 0.6 is 0 Å². The Morgan fingerprint density at radius 1 is 1.16 bits per heavy atom. The van der Waals surface area contributed by atoms with Crippen molar-refractivity contribution in [2.45, 2.75) is 31.8 Å². The van der Waals surface area contributed by atoms with E-state index in [0.717, 1.165) is 22.5 Å². The maximum atomic E-state index is 13.9. The van der Waals surface area contributed by atoms with E-state index < -0.39 is 46.4 Å². The molecule has 4 heterocycles. The molecule has 1 fully saturated rings. The first kappa shape index (κ1) is 23.9. The van der Waals surface area contributed by atoms with Crippen LogP contribution in [0.2, 0.25) is 0 Å². The Balaban J connectivity index is 1.25. The van der Waals surface area contributed by atoms with Crippen molar-refractivity contribution in [2.24, 2.45) is 0 Å². The Hall–Kier alpha value is -4.51. The normalized spacial score (nSPS) is 18.5. The summed E-state index contributed by atoms with van der Waals surface area (Å²) < 4.78 is 34.3. The standard InChI is InChI=1S/C27H22F2N4O5/c28-16-6-5-14(20(29)8-16)9-31-26(36)19-11-32-12-22-33(27(37)23(32)25(35)24(19)34)17(13-38-22)7-15-10-30-21-4-2-1-3-18(15)21/h1-6,8,10-11,17,22,30,35H,7,9,12-13H2,(H,31,36)/t17-,22+/m0/s1. The molecular weight excluding hydrogens is 498 g/mol. The van der Waals surface area contributed by atoms with E-state index in [0.29, 0.717) is 12.5 Å². The molecule has 0 saturated carbocycles. The van der Waals surface area contributed by atoms with Gasteiger partial charge in [-0.15, -0.1) is 0 Å². The molecule has 0 radical (unpaired) electrons. The maximum absolute atomic E-state index is 13.9. The summed E-state index contributed by atoms with van der Waals surface area (Å²) >= 11 is 0. The number of aromatic hydroxyl groups is 1. The number of aromatic nitrogens is 2. The van der Waals surface area contributed by atoms with Crippen LogP contribution in [0.25, 0.3) is 10.9 Å². The molecule has 11 heteroatoms. The highest BCUT2D eigenvalue weighted by atomic mass is 19.1. The lowest BCUT2D eigenvalue weighted by molar-refractivity contribution is 0.00576. The zero-order valence-electron chi connectivity index (χ0n) is 19.9. The lowest BCUT2D eigenvalue weighted by Gasteiger charge is -2.34. The minimum absolute atomic E-state index is 0.0217. The number of nitrogens with zero attached hydrogens (tertiary/aromatic N) is 2. The lowest BCUT2D eigenvalue weighted by atomic mass is 10.0. The van der Waals surface area contributed by atoms with Gasteiger partial charge in [-0.1, -0.05) is 24.3 Å². The van der Waals surface area contributed by atoms with Crippen molar-refractivity contribution < 1.29 is 28.2 Å². The Kier molecular flexibility index (Phi) is 5.72. The van der Waals surface area contributed by atoms with Gasteiger partial charge in [0.15, 0.2) is 17.7 Å². The summed E-state index contributed by atoms with van der Waals surface area (Å²) in [4.78, 5) is 43.8. The van der Waals surface area contributed by atoms with Crippen molar-refractivity contribution in [1.29, 1.82) is 0 Å². The molecule has 2 aliphatic heterocycles. The van der Waals surface area contributed by atoms with Crippen LogP contribution in [0.15, 0.2) is 59.7 Å². The molecule has 0 aliphatic carbocycles. The van der Waals surface area contributed by atoms with Gasteiger partial charge in [0.25, 0.3) is 11.8 Å². The molecule has 2 atom stereocenters. The zero-order chi connectivity index (χ0) is 26.6. The maximum Gasteiger partial charge on any atom is 0.276 e. The fourth-order valence-electron chi connectivity index (χ4n) is 5.17. The second-order valence-electron chi connectivity index (χ2n) is 9.36. The van der Waals surface area contributed by atoms with Crippen LogP contribution in [0.5, 0.6) is 5.75 Å². The predicted octanol–water partition coefficient (Wildman–Crippen LogP) is 2.67. The minimum atomic E-state index is -1.02. The van der Waals surface area contributed by atoms with Crippen molar-refractivity contribution in [3.8, 4) is 5.75 Å². The molecule has 0 unspecified atom stereocenters. The number of pyridine rings is 1. The van der Waals surface area contributed by atoms with Crippen LogP contribution < -0.4 is 10.7 Å². The highest BCUT2D eigenvalue weighted by Crippen LogP contribution is 2.32. The van der Waals surface area contributed by atoms with Crippen molar-refractivity contribution in [3.05, 3.63) is 99.1 Å². The third-order valence-corrected chi connectivity index (χ3v) is 7.06. The average Bonchev–Trinajstić information content (AvgIpc) is 3.50. The fourth-order valence-corrected chi connectivity index (χ4v) is 5.17. The third-order valence-electron chi connectivity index (χ3n) is 7.06. The molecule has 2 amide bonds. The Bertz CT molecular complexity index is 1660.